The van der Waals surface area contributed by atoms with Crippen LogP contribution in [-0.4, -0.2) is 60.0 Å². The van der Waals surface area contributed by atoms with Gasteiger partial charge in [0.25, 0.3) is 5.91 Å². The molecule has 6 nitrogen and oxygen atoms in total. The predicted octanol–water partition coefficient (Wildman–Crippen LogP) is 3.35. The smallest absolute Gasteiger partial charge is 0.251 e. The second kappa shape index (κ2) is 9.83. The van der Waals surface area contributed by atoms with Crippen molar-refractivity contribution in [2.45, 2.75) is 38.5 Å². The Balaban J connectivity index is 1.32. The van der Waals surface area contributed by atoms with Crippen LogP contribution in [0.2, 0.25) is 0 Å². The van der Waals surface area contributed by atoms with Crippen LogP contribution in [0.4, 0.5) is 5.82 Å². The molecule has 2 aliphatic heterocycles. The molecule has 1 amide bonds. The molecule has 2 aliphatic rings. The number of hydrogen-bond donors (Lipinski definition) is 1. The summed E-state index contributed by atoms with van der Waals surface area (Å²) in [5.41, 5.74) is 2.60. The van der Waals surface area contributed by atoms with Crippen LogP contribution in [0, 0.1) is 0 Å². The number of nitrogens with one attached hydrogen (secondary N) is 1. The van der Waals surface area contributed by atoms with Gasteiger partial charge in [0, 0.05) is 43.4 Å². The summed E-state index contributed by atoms with van der Waals surface area (Å²) in [5.74, 6) is 0.981. The first-order valence-electron chi connectivity index (χ1n) is 11.0. The molecule has 0 aliphatic carbocycles. The van der Waals surface area contributed by atoms with Gasteiger partial charge in [0.05, 0.1) is 5.69 Å². The van der Waals surface area contributed by atoms with Crippen LogP contribution in [0.3, 0.4) is 0 Å². The SMILES string of the molecule is O=C(NCCN1CCCCCC1)c1ccc(-c2cc(N3CCCC3)ncn2)cc1. The number of rotatable bonds is 6. The Kier molecular flexibility index (Phi) is 6.72. The van der Waals surface area contributed by atoms with E-state index in [4.69, 9.17) is 0 Å². The lowest BCUT2D eigenvalue weighted by atomic mass is 10.1. The highest BCUT2D eigenvalue weighted by atomic mass is 16.1. The molecule has 0 saturated carbocycles. The number of benzene rings is 1. The summed E-state index contributed by atoms with van der Waals surface area (Å²) in [6.45, 7) is 6.07. The van der Waals surface area contributed by atoms with Gasteiger partial charge in [0.2, 0.25) is 0 Å². The molecule has 1 N–H and O–H groups in total. The minimum Gasteiger partial charge on any atom is -0.357 e. The molecular formula is C23H31N5O. The summed E-state index contributed by atoms with van der Waals surface area (Å²) < 4.78 is 0. The molecule has 0 bridgehead atoms. The Hall–Kier alpha value is -2.47. The molecule has 3 heterocycles. The van der Waals surface area contributed by atoms with Gasteiger partial charge in [-0.3, -0.25) is 4.79 Å². The summed E-state index contributed by atoms with van der Waals surface area (Å²) in [5, 5.41) is 3.06. The van der Waals surface area contributed by atoms with Gasteiger partial charge in [-0.15, -0.1) is 0 Å². The fraction of sp³-hybridized carbons (Fsp3) is 0.522. The zero-order valence-corrected chi connectivity index (χ0v) is 17.1. The molecule has 0 spiro atoms. The van der Waals surface area contributed by atoms with Crippen molar-refractivity contribution in [3.8, 4) is 11.3 Å². The van der Waals surface area contributed by atoms with Crippen LogP contribution >= 0.6 is 0 Å². The second-order valence-electron chi connectivity index (χ2n) is 8.04. The van der Waals surface area contributed by atoms with E-state index in [9.17, 15) is 4.79 Å². The maximum atomic E-state index is 12.5. The fourth-order valence-electron chi connectivity index (χ4n) is 4.21. The van der Waals surface area contributed by atoms with Gasteiger partial charge >= 0.3 is 0 Å². The molecule has 2 aromatic rings. The summed E-state index contributed by atoms with van der Waals surface area (Å²) in [6.07, 6.45) is 9.30. The topological polar surface area (TPSA) is 61.4 Å². The first-order valence-corrected chi connectivity index (χ1v) is 11.0. The Morgan fingerprint density at radius 2 is 1.59 bits per heavy atom. The van der Waals surface area contributed by atoms with E-state index >= 15 is 0 Å². The maximum Gasteiger partial charge on any atom is 0.251 e. The van der Waals surface area contributed by atoms with Gasteiger partial charge in [0.15, 0.2) is 0 Å². The van der Waals surface area contributed by atoms with E-state index in [1.54, 1.807) is 6.33 Å². The van der Waals surface area contributed by atoms with Gasteiger partial charge in [-0.05, 0) is 50.9 Å². The zero-order chi connectivity index (χ0) is 19.9. The fourth-order valence-corrected chi connectivity index (χ4v) is 4.21. The average molecular weight is 394 g/mol. The minimum atomic E-state index is -0.00758. The second-order valence-corrected chi connectivity index (χ2v) is 8.04. The Labute approximate surface area is 173 Å². The Morgan fingerprint density at radius 3 is 2.31 bits per heavy atom. The van der Waals surface area contributed by atoms with Crippen LogP contribution in [-0.2, 0) is 0 Å². The molecular weight excluding hydrogens is 362 g/mol. The van der Waals surface area contributed by atoms with E-state index in [1.165, 1.54) is 38.5 Å². The number of anilines is 1. The first kappa shape index (κ1) is 19.8. The maximum absolute atomic E-state index is 12.5. The normalized spacial score (nSPS) is 17.9. The third kappa shape index (κ3) is 5.32. The number of nitrogens with zero attached hydrogens (tertiary/aromatic N) is 4. The molecule has 2 saturated heterocycles. The van der Waals surface area contributed by atoms with Gasteiger partial charge in [-0.25, -0.2) is 9.97 Å². The molecule has 29 heavy (non-hydrogen) atoms. The van der Waals surface area contributed by atoms with Gasteiger partial charge in [-0.1, -0.05) is 25.0 Å². The number of aromatic nitrogens is 2. The lowest BCUT2D eigenvalue weighted by Crippen LogP contribution is -2.35. The third-order valence-electron chi connectivity index (χ3n) is 5.94. The van der Waals surface area contributed by atoms with Crippen molar-refractivity contribution < 1.29 is 4.79 Å². The van der Waals surface area contributed by atoms with E-state index in [1.807, 2.05) is 30.3 Å². The van der Waals surface area contributed by atoms with Crippen molar-refractivity contribution >= 4 is 11.7 Å². The molecule has 6 heteroatoms. The zero-order valence-electron chi connectivity index (χ0n) is 17.1. The quantitative estimate of drug-likeness (QED) is 0.816. The van der Waals surface area contributed by atoms with E-state index < -0.39 is 0 Å². The van der Waals surface area contributed by atoms with Crippen molar-refractivity contribution in [2.24, 2.45) is 0 Å². The van der Waals surface area contributed by atoms with Crippen LogP contribution in [0.5, 0.6) is 0 Å². The monoisotopic (exact) mass is 393 g/mol. The Morgan fingerprint density at radius 1 is 0.897 bits per heavy atom. The van der Waals surface area contributed by atoms with Gasteiger partial charge in [-0.2, -0.15) is 0 Å². The summed E-state index contributed by atoms with van der Waals surface area (Å²) in [6, 6.07) is 9.75. The molecule has 154 valence electrons. The highest BCUT2D eigenvalue weighted by Crippen LogP contribution is 2.23. The van der Waals surface area contributed by atoms with Crippen LogP contribution < -0.4 is 10.2 Å². The summed E-state index contributed by atoms with van der Waals surface area (Å²) in [4.78, 5) is 26.1. The molecule has 0 radical (unpaired) electrons. The number of carbonyl (C=O) groups excluding carboxylic acids is 1. The predicted molar refractivity (Wildman–Crippen MR) is 116 cm³/mol. The van der Waals surface area contributed by atoms with Gasteiger partial charge < -0.3 is 15.1 Å². The van der Waals surface area contributed by atoms with Crippen molar-refractivity contribution in [1.29, 1.82) is 0 Å². The van der Waals surface area contributed by atoms with Crippen LogP contribution in [0.15, 0.2) is 36.7 Å². The van der Waals surface area contributed by atoms with Crippen molar-refractivity contribution in [1.82, 2.24) is 20.2 Å². The molecule has 0 unspecified atom stereocenters. The summed E-state index contributed by atoms with van der Waals surface area (Å²) >= 11 is 0. The van der Waals surface area contributed by atoms with Crippen LogP contribution in [0.25, 0.3) is 11.3 Å². The van der Waals surface area contributed by atoms with E-state index in [0.717, 1.165) is 49.8 Å². The van der Waals surface area contributed by atoms with Crippen molar-refractivity contribution in [3.05, 3.63) is 42.2 Å². The minimum absolute atomic E-state index is 0.00758. The third-order valence-corrected chi connectivity index (χ3v) is 5.94. The number of amides is 1. The number of likely N-dealkylation sites (tertiary alicyclic amines) is 1. The lowest BCUT2D eigenvalue weighted by Gasteiger charge is -2.19. The number of hydrogen-bond acceptors (Lipinski definition) is 5. The summed E-state index contributed by atoms with van der Waals surface area (Å²) in [7, 11) is 0. The molecule has 1 aromatic carbocycles. The standard InChI is InChI=1S/C23H31N5O/c29-23(24-11-16-27-12-3-1-2-4-13-27)20-9-7-19(8-10-20)21-17-22(26-18-25-21)28-14-5-6-15-28/h7-10,17-18H,1-6,11-16H2,(H,24,29). The average Bonchev–Trinajstić information content (AvgIpc) is 3.19. The molecule has 4 rings (SSSR count). The van der Waals surface area contributed by atoms with Crippen molar-refractivity contribution in [3.63, 3.8) is 0 Å². The highest BCUT2D eigenvalue weighted by Gasteiger charge is 2.15. The van der Waals surface area contributed by atoms with Gasteiger partial charge in [0.1, 0.15) is 12.1 Å². The number of carbonyl (C=O) groups is 1. The molecule has 2 fully saturated rings. The van der Waals surface area contributed by atoms with E-state index in [2.05, 4.69) is 25.1 Å². The van der Waals surface area contributed by atoms with E-state index in [-0.39, 0.29) is 5.91 Å². The molecule has 0 atom stereocenters. The molecule has 1 aromatic heterocycles. The lowest BCUT2D eigenvalue weighted by molar-refractivity contribution is 0.0948. The Bertz CT molecular complexity index is 793. The van der Waals surface area contributed by atoms with Crippen molar-refractivity contribution in [2.75, 3.05) is 44.2 Å². The first-order chi connectivity index (χ1) is 14.3. The highest BCUT2D eigenvalue weighted by molar-refractivity contribution is 5.94. The largest absolute Gasteiger partial charge is 0.357 e. The van der Waals surface area contributed by atoms with E-state index in [0.29, 0.717) is 12.1 Å². The van der Waals surface area contributed by atoms with Crippen LogP contribution in [0.1, 0.15) is 48.9 Å².